The van der Waals surface area contributed by atoms with E-state index >= 15 is 0 Å². The molecule has 0 radical (unpaired) electrons. The minimum atomic E-state index is -1.19. The molecule has 0 spiro atoms. The van der Waals surface area contributed by atoms with E-state index < -0.39 is 38.6 Å². The van der Waals surface area contributed by atoms with E-state index in [1.807, 2.05) is 60.7 Å². The first-order valence-electron chi connectivity index (χ1n) is 19.9. The number of carboxylic acid groups (broad SMARTS) is 2. The summed E-state index contributed by atoms with van der Waals surface area (Å²) < 4.78 is 0. The van der Waals surface area contributed by atoms with Crippen molar-refractivity contribution in [1.82, 2.24) is 0 Å². The molecule has 2 N–H and O–H groups in total. The van der Waals surface area contributed by atoms with Crippen molar-refractivity contribution in [2.45, 2.75) is 73.5 Å². The molecule has 6 aromatic carbocycles. The Morgan fingerprint density at radius 1 is 0.411 bits per heavy atom. The maximum absolute atomic E-state index is 14.4. The molecule has 6 heteroatoms. The summed E-state index contributed by atoms with van der Waals surface area (Å²) in [5.74, 6) is -1.60. The summed E-state index contributed by atoms with van der Waals surface area (Å²) in [7, 11) is -2.15. The van der Waals surface area contributed by atoms with Gasteiger partial charge in [0.25, 0.3) is 0 Å². The molecule has 0 aromatic heterocycles. The molecule has 0 saturated heterocycles. The van der Waals surface area contributed by atoms with E-state index in [2.05, 4.69) is 109 Å². The molecule has 4 nitrogen and oxygen atoms in total. The SMILES string of the molecule is O=C(O)C1(c2ccccc2-c2ccccc2C2(C(=O)O)CCCCC2P(c2ccccc2)c2ccccc2)CCCCC1P(c1ccccc1)c1ccccc1. The Balaban J connectivity index is 1.35. The van der Waals surface area contributed by atoms with Crippen LogP contribution in [0.25, 0.3) is 11.1 Å². The first kappa shape index (κ1) is 38.0. The monoisotopic (exact) mass is 774 g/mol. The maximum Gasteiger partial charge on any atom is 0.314 e. The third-order valence-electron chi connectivity index (χ3n) is 12.4. The Morgan fingerprint density at radius 2 is 0.696 bits per heavy atom. The van der Waals surface area contributed by atoms with Crippen LogP contribution in [0, 0.1) is 0 Å². The third-order valence-corrected chi connectivity index (χ3v) is 18.4. The highest BCUT2D eigenvalue weighted by Gasteiger charge is 2.55. The molecule has 2 fully saturated rings. The first-order chi connectivity index (χ1) is 27.5. The summed E-state index contributed by atoms with van der Waals surface area (Å²) in [6.07, 6.45) is 6.16. The average molecular weight is 775 g/mol. The van der Waals surface area contributed by atoms with Gasteiger partial charge in [0.1, 0.15) is 10.8 Å². The number of carboxylic acids is 2. The number of hydrogen-bond acceptors (Lipinski definition) is 2. The molecule has 6 aromatic rings. The van der Waals surface area contributed by atoms with Gasteiger partial charge in [-0.3, -0.25) is 9.59 Å². The van der Waals surface area contributed by atoms with Gasteiger partial charge in [0, 0.05) is 11.3 Å². The Morgan fingerprint density at radius 3 is 1.00 bits per heavy atom. The smallest absolute Gasteiger partial charge is 0.314 e. The van der Waals surface area contributed by atoms with Crippen molar-refractivity contribution >= 4 is 49.0 Å². The number of carbonyl (C=O) groups is 2. The number of hydrogen-bond donors (Lipinski definition) is 2. The van der Waals surface area contributed by atoms with Crippen LogP contribution >= 0.6 is 15.8 Å². The van der Waals surface area contributed by atoms with Crippen LogP contribution in [0.5, 0.6) is 0 Å². The van der Waals surface area contributed by atoms with Crippen molar-refractivity contribution in [3.63, 3.8) is 0 Å². The van der Waals surface area contributed by atoms with Gasteiger partial charge in [0.05, 0.1) is 0 Å². The quantitative estimate of drug-likeness (QED) is 0.129. The summed E-state index contributed by atoms with van der Waals surface area (Å²) in [6, 6.07) is 58.1. The van der Waals surface area contributed by atoms with Gasteiger partial charge in [-0.15, -0.1) is 0 Å². The van der Waals surface area contributed by atoms with Gasteiger partial charge in [-0.2, -0.15) is 0 Å². The second-order valence-electron chi connectivity index (χ2n) is 15.2. The minimum absolute atomic E-state index is 0.179. The van der Waals surface area contributed by atoms with Gasteiger partial charge >= 0.3 is 11.9 Å². The van der Waals surface area contributed by atoms with E-state index in [0.29, 0.717) is 12.8 Å². The van der Waals surface area contributed by atoms with Crippen LogP contribution in [0.2, 0.25) is 0 Å². The van der Waals surface area contributed by atoms with Crippen LogP contribution in [0.3, 0.4) is 0 Å². The lowest BCUT2D eigenvalue weighted by atomic mass is 9.64. The Hall–Kier alpha value is -4.88. The highest BCUT2D eigenvalue weighted by atomic mass is 31.1. The van der Waals surface area contributed by atoms with Gasteiger partial charge in [-0.05, 0) is 85.0 Å². The minimum Gasteiger partial charge on any atom is -0.481 e. The predicted octanol–water partition coefficient (Wildman–Crippen LogP) is 10.1. The van der Waals surface area contributed by atoms with Crippen LogP contribution in [0.15, 0.2) is 170 Å². The summed E-state index contributed by atoms with van der Waals surface area (Å²) >= 11 is 0. The van der Waals surface area contributed by atoms with E-state index in [0.717, 1.165) is 60.8 Å². The van der Waals surface area contributed by atoms with Crippen LogP contribution in [0.4, 0.5) is 0 Å². The average Bonchev–Trinajstić information content (AvgIpc) is 3.26. The number of rotatable bonds is 11. The number of aliphatic carboxylic acids is 2. The van der Waals surface area contributed by atoms with Crippen LogP contribution in [-0.2, 0) is 20.4 Å². The van der Waals surface area contributed by atoms with Crippen molar-refractivity contribution in [3.8, 4) is 11.1 Å². The standard InChI is InChI=1S/C50H48O4P2/c51-47(52)49(35-19-17-33-45(49)55(37-21-5-1-6-22-37)38-23-7-2-8-24-38)43-31-15-13-29-41(43)42-30-14-16-32-44(42)50(48(53)54)36-20-18-34-46(50)56(39-25-9-3-10-26-39)40-27-11-4-12-28-40/h1-16,21-32,45-46H,17-20,33-36H2,(H,51,52)(H,53,54). The van der Waals surface area contributed by atoms with E-state index in [9.17, 15) is 19.8 Å². The van der Waals surface area contributed by atoms with Crippen LogP contribution in [-0.4, -0.2) is 33.5 Å². The largest absolute Gasteiger partial charge is 0.481 e. The molecule has 0 aliphatic heterocycles. The fourth-order valence-corrected chi connectivity index (χ4v) is 16.5. The fourth-order valence-electron chi connectivity index (χ4n) is 9.95. The summed E-state index contributed by atoms with van der Waals surface area (Å²) in [4.78, 5) is 28.7. The first-order valence-corrected chi connectivity index (χ1v) is 22.7. The fraction of sp³-hybridized carbons (Fsp3) is 0.240. The van der Waals surface area contributed by atoms with E-state index in [-0.39, 0.29) is 11.3 Å². The van der Waals surface area contributed by atoms with E-state index in [1.54, 1.807) is 0 Å². The summed E-state index contributed by atoms with van der Waals surface area (Å²) in [6.45, 7) is 0. The molecule has 2 aliphatic carbocycles. The predicted molar refractivity (Wildman–Crippen MR) is 233 cm³/mol. The molecule has 4 atom stereocenters. The Bertz CT molecular complexity index is 2020. The molecule has 0 heterocycles. The van der Waals surface area contributed by atoms with E-state index in [4.69, 9.17) is 0 Å². The van der Waals surface area contributed by atoms with Gasteiger partial charge in [0.2, 0.25) is 0 Å². The normalized spacial score (nSPS) is 22.5. The molecule has 8 rings (SSSR count). The molecule has 2 saturated carbocycles. The molecule has 4 unspecified atom stereocenters. The summed E-state index contributed by atoms with van der Waals surface area (Å²) in [5.41, 5.74) is 0.522. The zero-order chi connectivity index (χ0) is 38.5. The highest BCUT2D eigenvalue weighted by molar-refractivity contribution is 7.74. The lowest BCUT2D eigenvalue weighted by Gasteiger charge is -2.47. The molecule has 0 amide bonds. The zero-order valence-electron chi connectivity index (χ0n) is 31.6. The molecular weight excluding hydrogens is 726 g/mol. The lowest BCUT2D eigenvalue weighted by molar-refractivity contribution is -0.146. The third kappa shape index (κ3) is 6.82. The van der Waals surface area contributed by atoms with Gasteiger partial charge in [0.15, 0.2) is 0 Å². The molecule has 282 valence electrons. The topological polar surface area (TPSA) is 74.6 Å². The van der Waals surface area contributed by atoms with Gasteiger partial charge in [-0.1, -0.05) is 196 Å². The van der Waals surface area contributed by atoms with Crippen molar-refractivity contribution in [1.29, 1.82) is 0 Å². The second kappa shape index (κ2) is 16.7. The van der Waals surface area contributed by atoms with Crippen LogP contribution in [0.1, 0.15) is 62.5 Å². The lowest BCUT2D eigenvalue weighted by Crippen LogP contribution is -2.51. The maximum atomic E-state index is 14.4. The zero-order valence-corrected chi connectivity index (χ0v) is 33.4. The van der Waals surface area contributed by atoms with Gasteiger partial charge < -0.3 is 10.2 Å². The highest BCUT2D eigenvalue weighted by Crippen LogP contribution is 2.60. The van der Waals surface area contributed by atoms with Gasteiger partial charge in [-0.25, -0.2) is 0 Å². The molecule has 56 heavy (non-hydrogen) atoms. The van der Waals surface area contributed by atoms with Crippen molar-refractivity contribution < 1.29 is 19.8 Å². The second-order valence-corrected chi connectivity index (χ2v) is 20.0. The van der Waals surface area contributed by atoms with E-state index in [1.165, 1.54) is 21.2 Å². The van der Waals surface area contributed by atoms with Crippen molar-refractivity contribution in [3.05, 3.63) is 181 Å². The molecular formula is C50H48O4P2. The van der Waals surface area contributed by atoms with Crippen LogP contribution < -0.4 is 21.2 Å². The molecule has 0 bridgehead atoms. The van der Waals surface area contributed by atoms with Crippen molar-refractivity contribution in [2.24, 2.45) is 0 Å². The Kier molecular flexibility index (Phi) is 11.3. The summed E-state index contributed by atoms with van der Waals surface area (Å²) in [5, 5.41) is 28.2. The number of benzene rings is 6. The molecule has 2 aliphatic rings. The van der Waals surface area contributed by atoms with Crippen molar-refractivity contribution in [2.75, 3.05) is 0 Å². The Labute approximate surface area is 333 Å².